The summed E-state index contributed by atoms with van der Waals surface area (Å²) in [6, 6.07) is 8.44. The van der Waals surface area contributed by atoms with Gasteiger partial charge in [-0.3, -0.25) is 4.79 Å². The molecule has 2 unspecified atom stereocenters. The van der Waals surface area contributed by atoms with E-state index in [1.54, 1.807) is 14.2 Å². The second kappa shape index (κ2) is 10.7. The molecule has 0 aromatic heterocycles. The summed E-state index contributed by atoms with van der Waals surface area (Å²) in [6.45, 7) is 3.25. The van der Waals surface area contributed by atoms with Gasteiger partial charge in [0.1, 0.15) is 5.75 Å². The van der Waals surface area contributed by atoms with Gasteiger partial charge in [-0.15, -0.1) is 0 Å². The number of rotatable bonds is 9. The molecule has 2 aliphatic carbocycles. The lowest BCUT2D eigenvalue weighted by Crippen LogP contribution is -2.27. The van der Waals surface area contributed by atoms with Crippen molar-refractivity contribution in [1.82, 2.24) is 5.32 Å². The van der Waals surface area contributed by atoms with Crippen LogP contribution in [0.4, 0.5) is 11.4 Å². The number of benzene rings is 2. The topological polar surface area (TPSA) is 96.6 Å². The Kier molecular flexibility index (Phi) is 7.67. The fraction of sp³-hybridized carbons (Fsp3) is 0.536. The lowest BCUT2D eigenvalue weighted by Gasteiger charge is -2.26. The van der Waals surface area contributed by atoms with Crippen LogP contribution in [-0.4, -0.2) is 31.8 Å². The fourth-order valence-electron chi connectivity index (χ4n) is 6.10. The largest absolute Gasteiger partial charge is 0.494 e. The van der Waals surface area contributed by atoms with Crippen molar-refractivity contribution in [2.75, 3.05) is 31.8 Å². The predicted molar refractivity (Wildman–Crippen MR) is 138 cm³/mol. The Hall–Kier alpha value is -2.73. The van der Waals surface area contributed by atoms with E-state index in [1.807, 2.05) is 12.1 Å². The highest BCUT2D eigenvalue weighted by Gasteiger charge is 2.31. The number of aryl methyl sites for hydroxylation is 1. The van der Waals surface area contributed by atoms with Crippen LogP contribution in [0.5, 0.6) is 5.75 Å². The summed E-state index contributed by atoms with van der Waals surface area (Å²) >= 11 is 0. The molecule has 0 saturated heterocycles. The first-order chi connectivity index (χ1) is 16.4. The molecule has 0 spiro atoms. The number of aliphatic carboxylic acids is 1. The number of hydrogen-bond donors (Lipinski definition) is 4. The van der Waals surface area contributed by atoms with Gasteiger partial charge in [0, 0.05) is 19.0 Å². The Morgan fingerprint density at radius 3 is 2.65 bits per heavy atom. The van der Waals surface area contributed by atoms with Crippen LogP contribution in [0, 0.1) is 12.8 Å². The first-order valence-electron chi connectivity index (χ1n) is 12.7. The van der Waals surface area contributed by atoms with Crippen molar-refractivity contribution < 1.29 is 14.6 Å². The Labute approximate surface area is 203 Å². The predicted octanol–water partition coefficient (Wildman–Crippen LogP) is 5.39. The minimum Gasteiger partial charge on any atom is -0.494 e. The summed E-state index contributed by atoms with van der Waals surface area (Å²) in [7, 11) is 3.41. The van der Waals surface area contributed by atoms with Crippen LogP contribution in [0.3, 0.4) is 0 Å². The molecule has 2 aromatic carbocycles. The smallest absolute Gasteiger partial charge is 0.304 e. The van der Waals surface area contributed by atoms with Crippen LogP contribution in [0.25, 0.3) is 0 Å². The zero-order valence-corrected chi connectivity index (χ0v) is 20.7. The van der Waals surface area contributed by atoms with Gasteiger partial charge >= 0.3 is 5.97 Å². The molecule has 2 aliphatic rings. The molecule has 0 amide bonds. The van der Waals surface area contributed by atoms with Crippen LogP contribution >= 0.6 is 0 Å². The average molecular weight is 466 g/mol. The van der Waals surface area contributed by atoms with E-state index in [9.17, 15) is 9.90 Å². The monoisotopic (exact) mass is 465 g/mol. The summed E-state index contributed by atoms with van der Waals surface area (Å²) in [5, 5.41) is 16.8. The molecule has 6 nitrogen and oxygen atoms in total. The van der Waals surface area contributed by atoms with Gasteiger partial charge in [-0.05, 0) is 85.0 Å². The minimum atomic E-state index is -0.820. The number of carboxylic acids is 1. The van der Waals surface area contributed by atoms with E-state index in [4.69, 9.17) is 10.5 Å². The average Bonchev–Trinajstić information content (AvgIpc) is 3.26. The Morgan fingerprint density at radius 1 is 1.21 bits per heavy atom. The second-order valence-electron chi connectivity index (χ2n) is 9.96. The third-order valence-electron chi connectivity index (χ3n) is 7.80. The summed E-state index contributed by atoms with van der Waals surface area (Å²) in [4.78, 5) is 11.9. The van der Waals surface area contributed by atoms with Crippen molar-refractivity contribution in [2.45, 2.75) is 70.3 Å². The van der Waals surface area contributed by atoms with E-state index in [-0.39, 0.29) is 12.3 Å². The summed E-state index contributed by atoms with van der Waals surface area (Å²) < 4.78 is 5.57. The molecular weight excluding hydrogens is 426 g/mol. The number of nitrogens with two attached hydrogens (primary N) is 1. The number of ether oxygens (including phenoxy) is 1. The molecule has 0 radical (unpaired) electrons. The van der Waals surface area contributed by atoms with Crippen LogP contribution in [0.15, 0.2) is 24.3 Å². The number of nitrogen functional groups attached to an aromatic ring is 1. The highest BCUT2D eigenvalue weighted by molar-refractivity contribution is 5.76. The summed E-state index contributed by atoms with van der Waals surface area (Å²) in [5.41, 5.74) is 13.5. The van der Waals surface area contributed by atoms with Gasteiger partial charge in [0.15, 0.2) is 0 Å². The molecule has 184 valence electrons. The fourth-order valence-corrected chi connectivity index (χ4v) is 6.10. The number of methoxy groups -OCH3 is 1. The first-order valence-corrected chi connectivity index (χ1v) is 12.7. The number of anilines is 2. The van der Waals surface area contributed by atoms with E-state index < -0.39 is 5.97 Å². The molecule has 34 heavy (non-hydrogen) atoms. The lowest BCUT2D eigenvalue weighted by atomic mass is 9.83. The van der Waals surface area contributed by atoms with E-state index in [2.05, 4.69) is 29.7 Å². The molecule has 0 heterocycles. The van der Waals surface area contributed by atoms with Gasteiger partial charge in [-0.2, -0.15) is 0 Å². The van der Waals surface area contributed by atoms with E-state index in [1.165, 1.54) is 48.8 Å². The molecule has 0 bridgehead atoms. The van der Waals surface area contributed by atoms with E-state index in [0.717, 1.165) is 42.1 Å². The van der Waals surface area contributed by atoms with Crippen molar-refractivity contribution in [1.29, 1.82) is 0 Å². The van der Waals surface area contributed by atoms with E-state index >= 15 is 0 Å². The molecule has 5 N–H and O–H groups in total. The number of hydrogen-bond acceptors (Lipinski definition) is 5. The second-order valence-corrected chi connectivity index (χ2v) is 9.96. The van der Waals surface area contributed by atoms with Crippen LogP contribution in [0.1, 0.15) is 84.7 Å². The number of nitrogens with one attached hydrogen (secondary N) is 2. The van der Waals surface area contributed by atoms with Gasteiger partial charge in [-0.1, -0.05) is 31.4 Å². The van der Waals surface area contributed by atoms with Gasteiger partial charge in [0.25, 0.3) is 0 Å². The molecule has 6 heteroatoms. The lowest BCUT2D eigenvalue weighted by molar-refractivity contribution is -0.137. The van der Waals surface area contributed by atoms with Crippen molar-refractivity contribution in [2.24, 2.45) is 5.92 Å². The van der Waals surface area contributed by atoms with Crippen LogP contribution < -0.4 is 21.1 Å². The minimum absolute atomic E-state index is 0.0111. The zero-order valence-electron chi connectivity index (χ0n) is 20.7. The Balaban J connectivity index is 1.68. The normalized spacial score (nSPS) is 19.0. The maximum absolute atomic E-state index is 11.9. The van der Waals surface area contributed by atoms with Crippen molar-refractivity contribution in [3.8, 4) is 5.75 Å². The molecular formula is C28H39N3O3. The zero-order chi connectivity index (χ0) is 24.2. The maximum Gasteiger partial charge on any atom is 0.304 e. The van der Waals surface area contributed by atoms with Crippen LogP contribution in [-0.2, 0) is 11.2 Å². The molecule has 4 rings (SSSR count). The van der Waals surface area contributed by atoms with E-state index in [0.29, 0.717) is 17.5 Å². The summed E-state index contributed by atoms with van der Waals surface area (Å²) in [6.07, 6.45) is 8.78. The SMILES string of the molecule is CNc1c(N)cc(C(CC(=O)O)c2ccc(C)c3c2CCC3NCC2CCCCC2)cc1OC. The number of carbonyl (C=O) groups is 1. The molecule has 2 atom stereocenters. The molecule has 0 aliphatic heterocycles. The molecule has 2 aromatic rings. The van der Waals surface area contributed by atoms with Gasteiger partial charge in [0.2, 0.25) is 0 Å². The Morgan fingerprint density at radius 2 is 1.97 bits per heavy atom. The van der Waals surface area contributed by atoms with Gasteiger partial charge in [-0.25, -0.2) is 0 Å². The highest BCUT2D eigenvalue weighted by atomic mass is 16.5. The van der Waals surface area contributed by atoms with Gasteiger partial charge in [0.05, 0.1) is 24.9 Å². The van der Waals surface area contributed by atoms with Crippen molar-refractivity contribution in [3.63, 3.8) is 0 Å². The Bertz CT molecular complexity index is 1030. The third kappa shape index (κ3) is 5.02. The summed E-state index contributed by atoms with van der Waals surface area (Å²) in [5.74, 6) is 0.302. The number of fused-ring (bicyclic) bond motifs is 1. The first kappa shape index (κ1) is 24.4. The quantitative estimate of drug-likeness (QED) is 0.371. The van der Waals surface area contributed by atoms with Crippen LogP contribution in [0.2, 0.25) is 0 Å². The van der Waals surface area contributed by atoms with Crippen molar-refractivity contribution in [3.05, 3.63) is 52.1 Å². The van der Waals surface area contributed by atoms with Gasteiger partial charge < -0.3 is 26.2 Å². The molecule has 1 fully saturated rings. The maximum atomic E-state index is 11.9. The molecule has 1 saturated carbocycles. The highest BCUT2D eigenvalue weighted by Crippen LogP contribution is 2.43. The third-order valence-corrected chi connectivity index (χ3v) is 7.80. The number of carboxylic acid groups (broad SMARTS) is 1. The standard InChI is InChI=1S/C28H39N3O3/c1-17-9-10-20(21-11-12-24(27(17)21)31-16-18-7-5-4-6-8-18)22(15-26(32)33)19-13-23(29)28(30-2)25(14-19)34-3/h9-10,13-14,18,22,24,30-31H,4-8,11-12,15-16,29H2,1-3H3,(H,32,33). The van der Waals surface area contributed by atoms with Crippen molar-refractivity contribution >= 4 is 17.3 Å².